The lowest BCUT2D eigenvalue weighted by Gasteiger charge is -1.99. The van der Waals surface area contributed by atoms with Gasteiger partial charge >= 0.3 is 0 Å². The second kappa shape index (κ2) is 6.11. The fourth-order valence-corrected chi connectivity index (χ4v) is 1.62. The second-order valence-corrected chi connectivity index (χ2v) is 4.38. The Labute approximate surface area is 116 Å². The maximum atomic E-state index is 11.7. The van der Waals surface area contributed by atoms with E-state index in [4.69, 9.17) is 11.6 Å². The number of aryl methyl sites for hydroxylation is 1. The van der Waals surface area contributed by atoms with Gasteiger partial charge in [0.05, 0.1) is 11.8 Å². The lowest BCUT2D eigenvalue weighted by atomic mass is 10.2. The number of amides is 1. The van der Waals surface area contributed by atoms with Crippen molar-refractivity contribution >= 4 is 23.7 Å². The van der Waals surface area contributed by atoms with E-state index in [9.17, 15) is 4.79 Å². The average molecular weight is 274 g/mol. The Kier molecular flexibility index (Phi) is 4.26. The van der Waals surface area contributed by atoms with Crippen LogP contribution in [0.25, 0.3) is 0 Å². The third-order valence-electron chi connectivity index (χ3n) is 2.40. The highest BCUT2D eigenvalue weighted by molar-refractivity contribution is 6.30. The van der Waals surface area contributed by atoms with Gasteiger partial charge in [0.15, 0.2) is 0 Å². The summed E-state index contributed by atoms with van der Waals surface area (Å²) >= 11 is 5.84. The Bertz CT molecular complexity index is 608. The third kappa shape index (κ3) is 3.89. The first kappa shape index (κ1) is 13.2. The topological polar surface area (TPSA) is 54.4 Å². The van der Waals surface area contributed by atoms with Gasteiger partial charge < -0.3 is 0 Å². The fraction of sp³-hybridized carbons (Fsp3) is 0.0714. The van der Waals surface area contributed by atoms with E-state index in [-0.39, 0.29) is 5.91 Å². The molecular formula is C14H12ClN3O. The maximum absolute atomic E-state index is 11.7. The Hall–Kier alpha value is -2.20. The van der Waals surface area contributed by atoms with Gasteiger partial charge in [-0.25, -0.2) is 5.43 Å². The number of rotatable bonds is 3. The van der Waals surface area contributed by atoms with Crippen LogP contribution in [0.15, 0.2) is 47.7 Å². The second-order valence-electron chi connectivity index (χ2n) is 3.94. The molecule has 0 aliphatic carbocycles. The molecule has 0 saturated carbocycles. The van der Waals surface area contributed by atoms with Crippen LogP contribution in [0.5, 0.6) is 0 Å². The van der Waals surface area contributed by atoms with Crippen molar-refractivity contribution < 1.29 is 4.79 Å². The van der Waals surface area contributed by atoms with E-state index in [0.29, 0.717) is 10.6 Å². The van der Waals surface area contributed by atoms with Crippen LogP contribution in [0.2, 0.25) is 5.02 Å². The van der Waals surface area contributed by atoms with Crippen molar-refractivity contribution in [2.75, 3.05) is 0 Å². The van der Waals surface area contributed by atoms with E-state index < -0.39 is 0 Å². The summed E-state index contributed by atoms with van der Waals surface area (Å²) in [4.78, 5) is 15.8. The van der Waals surface area contributed by atoms with Crippen LogP contribution in [-0.4, -0.2) is 17.1 Å². The van der Waals surface area contributed by atoms with Gasteiger partial charge in [-0.1, -0.05) is 23.7 Å². The predicted molar refractivity (Wildman–Crippen MR) is 75.5 cm³/mol. The van der Waals surface area contributed by atoms with E-state index in [1.807, 2.05) is 19.1 Å². The zero-order chi connectivity index (χ0) is 13.7. The van der Waals surface area contributed by atoms with Crippen molar-refractivity contribution in [1.82, 2.24) is 10.4 Å². The molecule has 1 heterocycles. The normalized spacial score (nSPS) is 10.6. The minimum Gasteiger partial charge on any atom is -0.267 e. The van der Waals surface area contributed by atoms with Crippen LogP contribution < -0.4 is 5.43 Å². The maximum Gasteiger partial charge on any atom is 0.272 e. The highest BCUT2D eigenvalue weighted by atomic mass is 35.5. The minimum atomic E-state index is -0.300. The molecule has 5 heteroatoms. The molecule has 0 fully saturated rings. The number of hydrogen-bond donors (Lipinski definition) is 1. The lowest BCUT2D eigenvalue weighted by Crippen LogP contribution is -2.17. The summed E-state index contributed by atoms with van der Waals surface area (Å²) < 4.78 is 0. The quantitative estimate of drug-likeness (QED) is 0.691. The van der Waals surface area contributed by atoms with E-state index in [2.05, 4.69) is 15.5 Å². The van der Waals surface area contributed by atoms with Gasteiger partial charge in [-0.2, -0.15) is 5.10 Å². The van der Waals surface area contributed by atoms with Crippen molar-refractivity contribution in [3.63, 3.8) is 0 Å². The molecule has 2 rings (SSSR count). The molecule has 96 valence electrons. The number of carbonyl (C=O) groups is 1. The SMILES string of the molecule is Cc1ccc(C(=O)NN=Cc2cccc(Cl)c2)cn1. The lowest BCUT2D eigenvalue weighted by molar-refractivity contribution is 0.0955. The van der Waals surface area contributed by atoms with Crippen molar-refractivity contribution in [3.05, 3.63) is 64.4 Å². The van der Waals surface area contributed by atoms with E-state index in [1.54, 1.807) is 24.3 Å². The van der Waals surface area contributed by atoms with Crippen molar-refractivity contribution in [2.24, 2.45) is 5.10 Å². The third-order valence-corrected chi connectivity index (χ3v) is 2.64. The molecule has 1 aromatic carbocycles. The van der Waals surface area contributed by atoms with E-state index >= 15 is 0 Å². The number of aromatic nitrogens is 1. The molecule has 0 bridgehead atoms. The smallest absolute Gasteiger partial charge is 0.267 e. The van der Waals surface area contributed by atoms with Gasteiger partial charge in [0, 0.05) is 16.9 Å². The van der Waals surface area contributed by atoms with Gasteiger partial charge in [-0.15, -0.1) is 0 Å². The summed E-state index contributed by atoms with van der Waals surface area (Å²) in [7, 11) is 0. The van der Waals surface area contributed by atoms with Crippen molar-refractivity contribution in [1.29, 1.82) is 0 Å². The Balaban J connectivity index is 1.98. The van der Waals surface area contributed by atoms with Gasteiger partial charge in [-0.3, -0.25) is 9.78 Å². The zero-order valence-electron chi connectivity index (χ0n) is 10.3. The van der Waals surface area contributed by atoms with Gasteiger partial charge in [0.2, 0.25) is 0 Å². The molecule has 0 atom stereocenters. The van der Waals surface area contributed by atoms with Crippen LogP contribution >= 0.6 is 11.6 Å². The first-order chi connectivity index (χ1) is 9.15. The van der Waals surface area contributed by atoms with Gasteiger partial charge in [0.25, 0.3) is 5.91 Å². The molecule has 0 aliphatic rings. The summed E-state index contributed by atoms with van der Waals surface area (Å²) in [6.45, 7) is 1.86. The summed E-state index contributed by atoms with van der Waals surface area (Å²) in [6.07, 6.45) is 3.05. The van der Waals surface area contributed by atoms with Gasteiger partial charge in [0.1, 0.15) is 0 Å². The van der Waals surface area contributed by atoms with Crippen molar-refractivity contribution in [3.8, 4) is 0 Å². The molecule has 1 N–H and O–H groups in total. The first-order valence-corrected chi connectivity index (χ1v) is 6.04. The Morgan fingerprint density at radius 2 is 2.21 bits per heavy atom. The summed E-state index contributed by atoms with van der Waals surface area (Å²) in [5, 5.41) is 4.49. The molecule has 0 radical (unpaired) electrons. The zero-order valence-corrected chi connectivity index (χ0v) is 11.1. The molecule has 0 spiro atoms. The summed E-state index contributed by atoms with van der Waals surface area (Å²) in [5.41, 5.74) is 4.58. The number of hydrogen-bond acceptors (Lipinski definition) is 3. The molecule has 0 unspecified atom stereocenters. The summed E-state index contributed by atoms with van der Waals surface area (Å²) in [6, 6.07) is 10.7. The molecule has 0 saturated heterocycles. The summed E-state index contributed by atoms with van der Waals surface area (Å²) in [5.74, 6) is -0.300. The number of halogens is 1. The number of benzene rings is 1. The number of hydrazone groups is 1. The first-order valence-electron chi connectivity index (χ1n) is 5.67. The predicted octanol–water partition coefficient (Wildman–Crippen LogP) is 2.81. The standard InChI is InChI=1S/C14H12ClN3O/c1-10-5-6-12(9-16-10)14(19)18-17-8-11-3-2-4-13(15)7-11/h2-9H,1H3,(H,18,19). The van der Waals surface area contributed by atoms with Crippen LogP contribution in [0.3, 0.4) is 0 Å². The highest BCUT2D eigenvalue weighted by Gasteiger charge is 2.03. The molecular weight excluding hydrogens is 262 g/mol. The minimum absolute atomic E-state index is 0.300. The van der Waals surface area contributed by atoms with Crippen LogP contribution in [0.4, 0.5) is 0 Å². The molecule has 1 amide bonds. The van der Waals surface area contributed by atoms with Crippen LogP contribution in [0.1, 0.15) is 21.6 Å². The number of nitrogens with one attached hydrogen (secondary N) is 1. The number of carbonyl (C=O) groups excluding carboxylic acids is 1. The van der Waals surface area contributed by atoms with E-state index in [1.165, 1.54) is 12.4 Å². The monoisotopic (exact) mass is 273 g/mol. The van der Waals surface area contributed by atoms with E-state index in [0.717, 1.165) is 11.3 Å². The molecule has 1 aromatic heterocycles. The van der Waals surface area contributed by atoms with Crippen LogP contribution in [0, 0.1) is 6.92 Å². The van der Waals surface area contributed by atoms with Gasteiger partial charge in [-0.05, 0) is 36.8 Å². The largest absolute Gasteiger partial charge is 0.272 e. The molecule has 19 heavy (non-hydrogen) atoms. The molecule has 0 aliphatic heterocycles. The Morgan fingerprint density at radius 1 is 1.37 bits per heavy atom. The van der Waals surface area contributed by atoms with Crippen LogP contribution in [-0.2, 0) is 0 Å². The Morgan fingerprint density at radius 3 is 2.89 bits per heavy atom. The molecule has 4 nitrogen and oxygen atoms in total. The average Bonchev–Trinajstić information content (AvgIpc) is 2.39. The fourth-order valence-electron chi connectivity index (χ4n) is 1.42. The number of pyridine rings is 1. The highest BCUT2D eigenvalue weighted by Crippen LogP contribution is 2.08. The van der Waals surface area contributed by atoms with Crippen molar-refractivity contribution in [2.45, 2.75) is 6.92 Å². The number of nitrogens with zero attached hydrogens (tertiary/aromatic N) is 2. The molecule has 2 aromatic rings.